The van der Waals surface area contributed by atoms with E-state index in [1.54, 1.807) is 0 Å². The molecule has 0 bridgehead atoms. The normalized spacial score (nSPS) is 17.8. The molecule has 0 saturated carbocycles. The smallest absolute Gasteiger partial charge is 0.383 e. The van der Waals surface area contributed by atoms with E-state index in [2.05, 4.69) is 9.97 Å². The number of nitrogens with two attached hydrogens (primary N) is 1. The Morgan fingerprint density at radius 2 is 1.95 bits per heavy atom. The Bertz CT molecular complexity index is 439. The Balaban J connectivity index is 2.12. The van der Waals surface area contributed by atoms with Crippen LogP contribution in [0.15, 0.2) is 6.33 Å². The van der Waals surface area contributed by atoms with E-state index in [4.69, 9.17) is 5.73 Å². The van der Waals surface area contributed by atoms with Gasteiger partial charge >= 0.3 is 6.18 Å². The summed E-state index contributed by atoms with van der Waals surface area (Å²) in [4.78, 5) is 9.97. The summed E-state index contributed by atoms with van der Waals surface area (Å²) >= 11 is 0. The summed E-state index contributed by atoms with van der Waals surface area (Å²) in [7, 11) is 0. The van der Waals surface area contributed by atoms with Crippen LogP contribution in [-0.4, -0.2) is 29.2 Å². The van der Waals surface area contributed by atoms with Gasteiger partial charge in [-0.3, -0.25) is 0 Å². The molecule has 19 heavy (non-hydrogen) atoms. The molecule has 0 aromatic carbocycles. The molecule has 2 N–H and O–H groups in total. The van der Waals surface area contributed by atoms with E-state index in [0.29, 0.717) is 31.1 Å². The Hall–Kier alpha value is -1.53. The highest BCUT2D eigenvalue weighted by atomic mass is 19.4. The van der Waals surface area contributed by atoms with Crippen LogP contribution in [0.25, 0.3) is 0 Å². The average molecular weight is 274 g/mol. The summed E-state index contributed by atoms with van der Waals surface area (Å²) in [6.07, 6.45) is -1.85. The SMILES string of the molecule is CCc1c(N)ncnc1N1CCC(C(F)(F)F)CC1. The second kappa shape index (κ2) is 5.22. The first-order valence-electron chi connectivity index (χ1n) is 6.34. The van der Waals surface area contributed by atoms with Crippen LogP contribution in [-0.2, 0) is 6.42 Å². The molecule has 2 heterocycles. The summed E-state index contributed by atoms with van der Waals surface area (Å²) < 4.78 is 37.8. The fourth-order valence-electron chi connectivity index (χ4n) is 2.45. The molecule has 1 aliphatic heterocycles. The van der Waals surface area contributed by atoms with Gasteiger partial charge in [-0.15, -0.1) is 0 Å². The predicted octanol–water partition coefficient (Wildman–Crippen LogP) is 2.40. The number of rotatable bonds is 2. The fraction of sp³-hybridized carbons (Fsp3) is 0.667. The third kappa shape index (κ3) is 2.90. The molecule has 0 spiro atoms. The molecule has 0 unspecified atom stereocenters. The van der Waals surface area contributed by atoms with Gasteiger partial charge in [0.1, 0.15) is 18.0 Å². The van der Waals surface area contributed by atoms with Crippen molar-refractivity contribution in [3.8, 4) is 0 Å². The minimum atomic E-state index is -4.09. The highest BCUT2D eigenvalue weighted by Crippen LogP contribution is 2.35. The lowest BCUT2D eigenvalue weighted by Gasteiger charge is -2.34. The lowest BCUT2D eigenvalue weighted by atomic mass is 9.96. The molecule has 7 heteroatoms. The van der Waals surface area contributed by atoms with Crippen molar-refractivity contribution in [3.63, 3.8) is 0 Å². The molecule has 1 saturated heterocycles. The van der Waals surface area contributed by atoms with Crippen molar-refractivity contribution in [2.24, 2.45) is 5.92 Å². The maximum atomic E-state index is 12.6. The Morgan fingerprint density at radius 3 is 2.47 bits per heavy atom. The van der Waals surface area contributed by atoms with Gasteiger partial charge in [-0.1, -0.05) is 6.92 Å². The highest BCUT2D eigenvalue weighted by molar-refractivity contribution is 5.56. The first kappa shape index (κ1) is 13.9. The second-order valence-electron chi connectivity index (χ2n) is 4.72. The number of aromatic nitrogens is 2. The maximum absolute atomic E-state index is 12.6. The summed E-state index contributed by atoms with van der Waals surface area (Å²) in [5.41, 5.74) is 6.59. The van der Waals surface area contributed by atoms with Crippen molar-refractivity contribution < 1.29 is 13.2 Å². The van der Waals surface area contributed by atoms with E-state index in [9.17, 15) is 13.2 Å². The van der Waals surface area contributed by atoms with Crippen LogP contribution in [0.5, 0.6) is 0 Å². The quantitative estimate of drug-likeness (QED) is 0.899. The molecule has 0 aliphatic carbocycles. The number of halogens is 3. The Labute approximate surface area is 109 Å². The topological polar surface area (TPSA) is 55.0 Å². The molecule has 4 nitrogen and oxygen atoms in total. The van der Waals surface area contributed by atoms with Crippen LogP contribution in [0.2, 0.25) is 0 Å². The predicted molar refractivity (Wildman–Crippen MR) is 66.8 cm³/mol. The van der Waals surface area contributed by atoms with Gasteiger partial charge in [-0.2, -0.15) is 13.2 Å². The van der Waals surface area contributed by atoms with Gasteiger partial charge in [0.15, 0.2) is 0 Å². The number of hydrogen-bond donors (Lipinski definition) is 1. The van der Waals surface area contributed by atoms with Crippen LogP contribution < -0.4 is 10.6 Å². The largest absolute Gasteiger partial charge is 0.391 e. The zero-order chi connectivity index (χ0) is 14.0. The molecule has 1 aromatic heterocycles. The number of alkyl halides is 3. The van der Waals surface area contributed by atoms with Gasteiger partial charge in [0.2, 0.25) is 0 Å². The van der Waals surface area contributed by atoms with E-state index >= 15 is 0 Å². The third-order valence-electron chi connectivity index (χ3n) is 3.57. The number of anilines is 2. The summed E-state index contributed by atoms with van der Waals surface area (Å²) in [5, 5.41) is 0. The van der Waals surface area contributed by atoms with Crippen LogP contribution in [0.4, 0.5) is 24.8 Å². The molecule has 0 radical (unpaired) electrons. The number of hydrogen-bond acceptors (Lipinski definition) is 4. The number of nitrogens with zero attached hydrogens (tertiary/aromatic N) is 3. The molecule has 1 fully saturated rings. The van der Waals surface area contributed by atoms with Crippen molar-refractivity contribution >= 4 is 11.6 Å². The number of nitrogen functional groups attached to an aromatic ring is 1. The molecule has 1 aliphatic rings. The highest BCUT2D eigenvalue weighted by Gasteiger charge is 2.41. The number of piperidine rings is 1. The minimum absolute atomic E-state index is 0.108. The fourth-order valence-corrected chi connectivity index (χ4v) is 2.45. The zero-order valence-corrected chi connectivity index (χ0v) is 10.7. The maximum Gasteiger partial charge on any atom is 0.391 e. The molecular weight excluding hydrogens is 257 g/mol. The summed E-state index contributed by atoms with van der Waals surface area (Å²) in [6, 6.07) is 0. The van der Waals surface area contributed by atoms with E-state index in [1.165, 1.54) is 6.33 Å². The molecule has 2 rings (SSSR count). The molecular formula is C12H17F3N4. The lowest BCUT2D eigenvalue weighted by Crippen LogP contribution is -2.39. The van der Waals surface area contributed by atoms with Gasteiger partial charge in [0.25, 0.3) is 0 Å². The van der Waals surface area contributed by atoms with Crippen molar-refractivity contribution in [2.75, 3.05) is 23.7 Å². The van der Waals surface area contributed by atoms with E-state index < -0.39 is 12.1 Å². The van der Waals surface area contributed by atoms with Gasteiger partial charge in [0.05, 0.1) is 5.92 Å². The first-order chi connectivity index (χ1) is 8.93. The molecule has 0 atom stereocenters. The van der Waals surface area contributed by atoms with Crippen LogP contribution in [0.3, 0.4) is 0 Å². The Morgan fingerprint density at radius 1 is 1.32 bits per heavy atom. The van der Waals surface area contributed by atoms with Gasteiger partial charge in [-0.25, -0.2) is 9.97 Å². The van der Waals surface area contributed by atoms with E-state index in [-0.39, 0.29) is 12.8 Å². The van der Waals surface area contributed by atoms with E-state index in [1.807, 2.05) is 11.8 Å². The van der Waals surface area contributed by atoms with Crippen LogP contribution in [0.1, 0.15) is 25.3 Å². The zero-order valence-electron chi connectivity index (χ0n) is 10.7. The summed E-state index contributed by atoms with van der Waals surface area (Å²) in [5.74, 6) is -0.117. The van der Waals surface area contributed by atoms with Crippen molar-refractivity contribution in [2.45, 2.75) is 32.4 Å². The van der Waals surface area contributed by atoms with Gasteiger partial charge in [-0.05, 0) is 19.3 Å². The van der Waals surface area contributed by atoms with Crippen LogP contribution in [0, 0.1) is 5.92 Å². The standard InChI is InChI=1S/C12H17F3N4/c1-2-9-10(16)17-7-18-11(9)19-5-3-8(4-6-19)12(13,14)15/h7-8H,2-6H2,1H3,(H2,16,17,18). The molecule has 1 aromatic rings. The van der Waals surface area contributed by atoms with Crippen molar-refractivity contribution in [1.82, 2.24) is 9.97 Å². The second-order valence-corrected chi connectivity index (χ2v) is 4.72. The van der Waals surface area contributed by atoms with Crippen LogP contribution >= 0.6 is 0 Å². The van der Waals surface area contributed by atoms with Crippen molar-refractivity contribution in [3.05, 3.63) is 11.9 Å². The third-order valence-corrected chi connectivity index (χ3v) is 3.57. The lowest BCUT2D eigenvalue weighted by molar-refractivity contribution is -0.179. The van der Waals surface area contributed by atoms with E-state index in [0.717, 1.165) is 5.56 Å². The molecule has 106 valence electrons. The van der Waals surface area contributed by atoms with Crippen molar-refractivity contribution in [1.29, 1.82) is 0 Å². The van der Waals surface area contributed by atoms with Gasteiger partial charge < -0.3 is 10.6 Å². The van der Waals surface area contributed by atoms with Gasteiger partial charge in [0, 0.05) is 18.7 Å². The molecule has 0 amide bonds. The summed E-state index contributed by atoms with van der Waals surface area (Å²) in [6.45, 7) is 2.64. The Kier molecular flexibility index (Phi) is 3.82. The first-order valence-corrected chi connectivity index (χ1v) is 6.34. The monoisotopic (exact) mass is 274 g/mol. The average Bonchev–Trinajstić information content (AvgIpc) is 2.37. The minimum Gasteiger partial charge on any atom is -0.383 e.